The molecule has 1 atom stereocenters. The van der Waals surface area contributed by atoms with Crippen LogP contribution in [-0.2, 0) is 11.2 Å². The molecule has 6 nitrogen and oxygen atoms in total. The standard InChI is InChI=1S/C22H19F7N2O4/c1-34-16-9-8-13(10-17(16)35-2)11-18(32)31-19(33,20(23,24)21(25,26)22(27,28)29)12-15(30-31)14-6-4-3-5-7-14/h3-10,33H,11-12H2,1-2H3. The normalized spacial score (nSPS) is 18.9. The van der Waals surface area contributed by atoms with Crippen LogP contribution < -0.4 is 9.47 Å². The Hall–Kier alpha value is -3.35. The molecule has 190 valence electrons. The van der Waals surface area contributed by atoms with Crippen LogP contribution >= 0.6 is 0 Å². The van der Waals surface area contributed by atoms with Crippen LogP contribution in [0.3, 0.4) is 0 Å². The first-order valence-electron chi connectivity index (χ1n) is 9.91. The van der Waals surface area contributed by atoms with Gasteiger partial charge in [0.25, 0.3) is 0 Å². The summed E-state index contributed by atoms with van der Waals surface area (Å²) < 4.78 is 106. The molecule has 0 fully saturated rings. The highest BCUT2D eigenvalue weighted by atomic mass is 19.4. The van der Waals surface area contributed by atoms with Gasteiger partial charge in [0.15, 0.2) is 11.5 Å². The summed E-state index contributed by atoms with van der Waals surface area (Å²) >= 11 is 0. The lowest BCUT2D eigenvalue weighted by Gasteiger charge is -2.41. The van der Waals surface area contributed by atoms with E-state index in [2.05, 4.69) is 5.10 Å². The average molecular weight is 508 g/mol. The van der Waals surface area contributed by atoms with Gasteiger partial charge >= 0.3 is 18.0 Å². The number of rotatable bonds is 7. The van der Waals surface area contributed by atoms with Crippen molar-refractivity contribution in [3.8, 4) is 11.5 Å². The molecule has 1 amide bonds. The number of ether oxygens (including phenoxy) is 2. The zero-order chi connectivity index (χ0) is 26.2. The number of hydrazone groups is 1. The summed E-state index contributed by atoms with van der Waals surface area (Å²) in [6.07, 6.45) is -8.99. The average Bonchev–Trinajstić information content (AvgIpc) is 3.18. The van der Waals surface area contributed by atoms with Gasteiger partial charge in [-0.15, -0.1) is 0 Å². The highest BCUT2D eigenvalue weighted by molar-refractivity contribution is 6.03. The number of aliphatic hydroxyl groups is 1. The van der Waals surface area contributed by atoms with E-state index in [1.807, 2.05) is 0 Å². The molecular weight excluding hydrogens is 489 g/mol. The summed E-state index contributed by atoms with van der Waals surface area (Å²) in [7, 11) is 2.61. The third-order valence-corrected chi connectivity index (χ3v) is 5.38. The minimum atomic E-state index is -6.72. The van der Waals surface area contributed by atoms with E-state index in [4.69, 9.17) is 9.47 Å². The number of methoxy groups -OCH3 is 2. The van der Waals surface area contributed by atoms with Crippen molar-refractivity contribution < 1.29 is 50.1 Å². The molecule has 2 aromatic rings. The second-order valence-electron chi connectivity index (χ2n) is 7.62. The van der Waals surface area contributed by atoms with Gasteiger partial charge in [0, 0.05) is 6.42 Å². The molecule has 0 aromatic heterocycles. The molecule has 35 heavy (non-hydrogen) atoms. The van der Waals surface area contributed by atoms with Gasteiger partial charge in [0.2, 0.25) is 11.6 Å². The summed E-state index contributed by atoms with van der Waals surface area (Å²) in [6.45, 7) is 0. The van der Waals surface area contributed by atoms with E-state index in [9.17, 15) is 40.6 Å². The van der Waals surface area contributed by atoms with Crippen LogP contribution in [-0.4, -0.2) is 59.7 Å². The number of carbonyl (C=O) groups is 1. The minimum Gasteiger partial charge on any atom is -0.493 e. The van der Waals surface area contributed by atoms with E-state index in [1.54, 1.807) is 0 Å². The highest BCUT2D eigenvalue weighted by Gasteiger charge is 2.82. The molecule has 1 aliphatic heterocycles. The number of hydrogen-bond acceptors (Lipinski definition) is 5. The molecule has 1 N–H and O–H groups in total. The van der Waals surface area contributed by atoms with Crippen LogP contribution in [0.15, 0.2) is 53.6 Å². The lowest BCUT2D eigenvalue weighted by atomic mass is 9.91. The molecule has 2 aromatic carbocycles. The number of carbonyl (C=O) groups excluding carboxylic acids is 1. The van der Waals surface area contributed by atoms with E-state index < -0.39 is 53.2 Å². The van der Waals surface area contributed by atoms with E-state index in [0.29, 0.717) is 0 Å². The number of benzene rings is 2. The zero-order valence-corrected chi connectivity index (χ0v) is 18.2. The van der Waals surface area contributed by atoms with E-state index in [1.165, 1.54) is 62.8 Å². The first-order valence-corrected chi connectivity index (χ1v) is 9.91. The van der Waals surface area contributed by atoms with Crippen molar-refractivity contribution in [2.45, 2.75) is 36.6 Å². The molecule has 0 saturated heterocycles. The lowest BCUT2D eigenvalue weighted by molar-refractivity contribution is -0.401. The Kier molecular flexibility index (Phi) is 6.77. The Morgan fingerprint density at radius 3 is 2.14 bits per heavy atom. The second kappa shape index (κ2) is 9.02. The Bertz CT molecular complexity index is 1120. The molecule has 13 heteroatoms. The van der Waals surface area contributed by atoms with Crippen molar-refractivity contribution in [2.24, 2.45) is 5.10 Å². The molecule has 0 spiro atoms. The Labute approximate surface area is 194 Å². The highest BCUT2D eigenvalue weighted by Crippen LogP contribution is 2.54. The van der Waals surface area contributed by atoms with Gasteiger partial charge in [-0.3, -0.25) is 4.79 Å². The van der Waals surface area contributed by atoms with E-state index in [-0.39, 0.29) is 22.6 Å². The Morgan fingerprint density at radius 2 is 1.60 bits per heavy atom. The van der Waals surface area contributed by atoms with Crippen LogP contribution in [0.25, 0.3) is 0 Å². The summed E-state index contributed by atoms with van der Waals surface area (Å²) in [6, 6.07) is 10.9. The van der Waals surface area contributed by atoms with Gasteiger partial charge in [0.1, 0.15) is 0 Å². The molecule has 3 rings (SSSR count). The van der Waals surface area contributed by atoms with Crippen molar-refractivity contribution in [3.63, 3.8) is 0 Å². The zero-order valence-electron chi connectivity index (χ0n) is 18.2. The fraction of sp³-hybridized carbons (Fsp3) is 0.364. The van der Waals surface area contributed by atoms with Gasteiger partial charge < -0.3 is 14.6 Å². The van der Waals surface area contributed by atoms with Gasteiger partial charge in [-0.25, -0.2) is 0 Å². The van der Waals surface area contributed by atoms with Crippen molar-refractivity contribution in [2.75, 3.05) is 14.2 Å². The molecule has 1 heterocycles. The van der Waals surface area contributed by atoms with Crippen LogP contribution in [0.2, 0.25) is 0 Å². The maximum absolute atomic E-state index is 14.8. The smallest absolute Gasteiger partial charge is 0.460 e. The molecule has 1 aliphatic rings. The first-order chi connectivity index (χ1) is 16.2. The third-order valence-electron chi connectivity index (χ3n) is 5.38. The predicted molar refractivity (Wildman–Crippen MR) is 109 cm³/mol. The number of alkyl halides is 7. The van der Waals surface area contributed by atoms with Crippen LogP contribution in [0, 0.1) is 0 Å². The third kappa shape index (κ3) is 4.40. The van der Waals surface area contributed by atoms with Crippen LogP contribution in [0.1, 0.15) is 17.5 Å². The molecule has 0 radical (unpaired) electrons. The number of halogens is 7. The van der Waals surface area contributed by atoms with Crippen molar-refractivity contribution in [3.05, 3.63) is 59.7 Å². The first kappa shape index (κ1) is 26.3. The number of amides is 1. The quantitative estimate of drug-likeness (QED) is 0.563. The predicted octanol–water partition coefficient (Wildman–Crippen LogP) is 4.40. The monoisotopic (exact) mass is 508 g/mol. The number of nitrogens with zero attached hydrogens (tertiary/aromatic N) is 2. The second-order valence-corrected chi connectivity index (χ2v) is 7.62. The summed E-state index contributed by atoms with van der Waals surface area (Å²) in [5, 5.41) is 13.8. The maximum Gasteiger partial charge on any atom is 0.460 e. The SMILES string of the molecule is COc1ccc(CC(=O)N2N=C(c3ccccc3)CC2(O)C(F)(F)C(F)(F)C(F)(F)F)cc1OC. The van der Waals surface area contributed by atoms with Crippen LogP contribution in [0.5, 0.6) is 11.5 Å². The van der Waals surface area contributed by atoms with Gasteiger partial charge in [-0.1, -0.05) is 36.4 Å². The molecule has 0 aliphatic carbocycles. The number of hydrogen-bond donors (Lipinski definition) is 1. The lowest BCUT2D eigenvalue weighted by Crippen LogP contribution is -2.69. The van der Waals surface area contributed by atoms with E-state index >= 15 is 0 Å². The van der Waals surface area contributed by atoms with E-state index in [0.717, 1.165) is 0 Å². The molecule has 1 unspecified atom stereocenters. The summed E-state index contributed by atoms with van der Waals surface area (Å²) in [4.78, 5) is 12.9. The summed E-state index contributed by atoms with van der Waals surface area (Å²) in [5.41, 5.74) is -4.65. The molecule has 0 bridgehead atoms. The fourth-order valence-corrected chi connectivity index (χ4v) is 3.51. The van der Waals surface area contributed by atoms with Crippen molar-refractivity contribution >= 4 is 11.6 Å². The van der Waals surface area contributed by atoms with Gasteiger partial charge in [-0.2, -0.15) is 40.8 Å². The van der Waals surface area contributed by atoms with Gasteiger partial charge in [0.05, 0.1) is 26.4 Å². The Balaban J connectivity index is 2.06. The Morgan fingerprint density at radius 1 is 1.00 bits per heavy atom. The topological polar surface area (TPSA) is 71.4 Å². The van der Waals surface area contributed by atoms with Crippen molar-refractivity contribution in [1.82, 2.24) is 5.01 Å². The molecular formula is C22H19F7N2O4. The fourth-order valence-electron chi connectivity index (χ4n) is 3.51. The maximum atomic E-state index is 14.8. The summed E-state index contributed by atoms with van der Waals surface area (Å²) in [5.74, 6) is -13.9. The van der Waals surface area contributed by atoms with Gasteiger partial charge in [-0.05, 0) is 23.3 Å². The van der Waals surface area contributed by atoms with Crippen LogP contribution in [0.4, 0.5) is 30.7 Å². The minimum absolute atomic E-state index is 0.0402. The largest absolute Gasteiger partial charge is 0.493 e. The molecule has 0 saturated carbocycles. The van der Waals surface area contributed by atoms with Crippen molar-refractivity contribution in [1.29, 1.82) is 0 Å².